The van der Waals surface area contributed by atoms with Crippen LogP contribution in [-0.2, 0) is 0 Å². The molecule has 0 fully saturated rings. The summed E-state index contributed by atoms with van der Waals surface area (Å²) in [6.07, 6.45) is 38.5. The van der Waals surface area contributed by atoms with Gasteiger partial charge in [-0.2, -0.15) is 0 Å². The van der Waals surface area contributed by atoms with E-state index in [1.165, 1.54) is 173 Å². The molecule has 0 bridgehead atoms. The highest BCUT2D eigenvalue weighted by molar-refractivity contribution is 5.00. The van der Waals surface area contributed by atoms with Crippen molar-refractivity contribution in [3.8, 4) is 0 Å². The SMILES string of the molecule is C=C(CCCCCCCCCC)C(CCCCCCCCCC)CCCCCCCCCC. The molecule has 0 aromatic rings. The third-order valence-corrected chi connectivity index (χ3v) is 7.74. The lowest BCUT2D eigenvalue weighted by molar-refractivity contribution is 0.435. The number of rotatable bonds is 28. The maximum absolute atomic E-state index is 4.61. The van der Waals surface area contributed by atoms with Crippen molar-refractivity contribution in [3.63, 3.8) is 0 Å². The van der Waals surface area contributed by atoms with Crippen LogP contribution in [0.2, 0.25) is 0 Å². The zero-order valence-electron chi connectivity index (χ0n) is 23.9. The van der Waals surface area contributed by atoms with Gasteiger partial charge in [0, 0.05) is 0 Å². The summed E-state index contributed by atoms with van der Waals surface area (Å²) in [7, 11) is 0. The van der Waals surface area contributed by atoms with Gasteiger partial charge in [0.05, 0.1) is 0 Å². The molecule has 33 heavy (non-hydrogen) atoms. The summed E-state index contributed by atoms with van der Waals surface area (Å²) in [6.45, 7) is 11.5. The van der Waals surface area contributed by atoms with E-state index < -0.39 is 0 Å². The summed E-state index contributed by atoms with van der Waals surface area (Å²) in [4.78, 5) is 0. The van der Waals surface area contributed by atoms with Crippen LogP contribution < -0.4 is 0 Å². The Hall–Kier alpha value is -0.260. The average Bonchev–Trinajstić information content (AvgIpc) is 2.82. The standard InChI is InChI=1S/C33H66/c1-5-8-11-14-17-20-23-26-29-32(4)33(30-27-24-21-18-15-12-9-6-2)31-28-25-22-19-16-13-10-7-3/h33H,4-31H2,1-3H3. The van der Waals surface area contributed by atoms with E-state index in [-0.39, 0.29) is 0 Å². The maximum atomic E-state index is 4.61. The van der Waals surface area contributed by atoms with Crippen LogP contribution in [0.1, 0.15) is 194 Å². The van der Waals surface area contributed by atoms with E-state index in [9.17, 15) is 0 Å². The Morgan fingerprint density at radius 3 is 1.00 bits per heavy atom. The molecule has 0 heteroatoms. The first-order chi connectivity index (χ1) is 16.3. The Labute approximate surface area is 212 Å². The molecule has 0 aromatic carbocycles. The predicted molar refractivity (Wildman–Crippen MR) is 154 cm³/mol. The summed E-state index contributed by atoms with van der Waals surface area (Å²) in [6, 6.07) is 0. The van der Waals surface area contributed by atoms with Crippen LogP contribution in [-0.4, -0.2) is 0 Å². The second-order valence-corrected chi connectivity index (χ2v) is 11.1. The monoisotopic (exact) mass is 463 g/mol. The van der Waals surface area contributed by atoms with Gasteiger partial charge in [0.2, 0.25) is 0 Å². The zero-order valence-corrected chi connectivity index (χ0v) is 23.9. The second-order valence-electron chi connectivity index (χ2n) is 11.1. The van der Waals surface area contributed by atoms with Crippen LogP contribution >= 0.6 is 0 Å². The molecule has 0 radical (unpaired) electrons. The summed E-state index contributed by atoms with van der Waals surface area (Å²) < 4.78 is 0. The first-order valence-corrected chi connectivity index (χ1v) is 15.9. The van der Waals surface area contributed by atoms with Crippen LogP contribution in [0.5, 0.6) is 0 Å². The topological polar surface area (TPSA) is 0 Å². The third kappa shape index (κ3) is 24.7. The molecule has 0 atom stereocenters. The lowest BCUT2D eigenvalue weighted by atomic mass is 9.86. The van der Waals surface area contributed by atoms with E-state index >= 15 is 0 Å². The Kier molecular flexibility index (Phi) is 27.8. The van der Waals surface area contributed by atoms with Crippen molar-refractivity contribution < 1.29 is 0 Å². The van der Waals surface area contributed by atoms with E-state index in [4.69, 9.17) is 0 Å². The first kappa shape index (κ1) is 32.7. The van der Waals surface area contributed by atoms with E-state index in [1.807, 2.05) is 0 Å². The van der Waals surface area contributed by atoms with Gasteiger partial charge in [-0.05, 0) is 31.6 Å². The summed E-state index contributed by atoms with van der Waals surface area (Å²) in [5, 5.41) is 0. The molecule has 0 aliphatic carbocycles. The van der Waals surface area contributed by atoms with E-state index in [0.717, 1.165) is 5.92 Å². The van der Waals surface area contributed by atoms with Crippen molar-refractivity contribution >= 4 is 0 Å². The lowest BCUT2D eigenvalue weighted by Gasteiger charge is -2.20. The highest BCUT2D eigenvalue weighted by atomic mass is 14.2. The van der Waals surface area contributed by atoms with Crippen molar-refractivity contribution in [3.05, 3.63) is 12.2 Å². The summed E-state index contributed by atoms with van der Waals surface area (Å²) >= 11 is 0. The van der Waals surface area contributed by atoms with Crippen LogP contribution in [0.4, 0.5) is 0 Å². The molecule has 0 saturated heterocycles. The third-order valence-electron chi connectivity index (χ3n) is 7.74. The van der Waals surface area contributed by atoms with Crippen LogP contribution in [0.25, 0.3) is 0 Å². The molecule has 0 unspecified atom stereocenters. The molecule has 198 valence electrons. The molecule has 0 spiro atoms. The molecule has 0 amide bonds. The average molecular weight is 463 g/mol. The fourth-order valence-corrected chi connectivity index (χ4v) is 5.29. The molecule has 0 nitrogen and oxygen atoms in total. The number of hydrogen-bond acceptors (Lipinski definition) is 0. The molecular weight excluding hydrogens is 396 g/mol. The van der Waals surface area contributed by atoms with Crippen molar-refractivity contribution in [2.24, 2.45) is 5.92 Å². The van der Waals surface area contributed by atoms with Gasteiger partial charge in [-0.1, -0.05) is 181 Å². The molecule has 0 aliphatic heterocycles. The Morgan fingerprint density at radius 2 is 0.667 bits per heavy atom. The molecule has 0 heterocycles. The van der Waals surface area contributed by atoms with Gasteiger partial charge in [-0.15, -0.1) is 0 Å². The minimum absolute atomic E-state index is 0.815. The van der Waals surface area contributed by atoms with Crippen LogP contribution in [0.3, 0.4) is 0 Å². The smallest absolute Gasteiger partial charge is 0.0206 e. The highest BCUT2D eigenvalue weighted by Crippen LogP contribution is 2.28. The Balaban J connectivity index is 4.04. The van der Waals surface area contributed by atoms with Crippen LogP contribution in [0, 0.1) is 5.92 Å². The molecule has 0 rings (SSSR count). The minimum Gasteiger partial charge on any atom is -0.0996 e. The largest absolute Gasteiger partial charge is 0.0996 e. The fourth-order valence-electron chi connectivity index (χ4n) is 5.29. The lowest BCUT2D eigenvalue weighted by Crippen LogP contribution is -2.05. The van der Waals surface area contributed by atoms with Crippen molar-refractivity contribution in [2.45, 2.75) is 194 Å². The van der Waals surface area contributed by atoms with E-state index in [1.54, 1.807) is 5.57 Å². The van der Waals surface area contributed by atoms with Gasteiger partial charge in [-0.3, -0.25) is 0 Å². The van der Waals surface area contributed by atoms with Gasteiger partial charge in [0.1, 0.15) is 0 Å². The summed E-state index contributed by atoms with van der Waals surface area (Å²) in [5.74, 6) is 0.815. The Morgan fingerprint density at radius 1 is 0.394 bits per heavy atom. The van der Waals surface area contributed by atoms with Crippen LogP contribution in [0.15, 0.2) is 12.2 Å². The maximum Gasteiger partial charge on any atom is -0.0206 e. The van der Waals surface area contributed by atoms with Crippen molar-refractivity contribution in [2.75, 3.05) is 0 Å². The molecule has 0 aromatic heterocycles. The second kappa shape index (κ2) is 28.0. The van der Waals surface area contributed by atoms with Gasteiger partial charge in [0.25, 0.3) is 0 Å². The van der Waals surface area contributed by atoms with Gasteiger partial charge in [-0.25, -0.2) is 0 Å². The number of allylic oxidation sites excluding steroid dienone is 1. The highest BCUT2D eigenvalue weighted by Gasteiger charge is 2.12. The predicted octanol–water partition coefficient (Wildman–Crippen LogP) is 12.8. The Bertz CT molecular complexity index is 348. The molecule has 0 N–H and O–H groups in total. The molecule has 0 saturated carbocycles. The number of unbranched alkanes of at least 4 members (excludes halogenated alkanes) is 21. The molecule has 0 aliphatic rings. The fraction of sp³-hybridized carbons (Fsp3) is 0.939. The quantitative estimate of drug-likeness (QED) is 0.0800. The molecular formula is C33H66. The normalized spacial score (nSPS) is 11.5. The minimum atomic E-state index is 0.815. The van der Waals surface area contributed by atoms with Gasteiger partial charge >= 0.3 is 0 Å². The zero-order chi connectivity index (χ0) is 24.2. The first-order valence-electron chi connectivity index (χ1n) is 15.9. The van der Waals surface area contributed by atoms with Gasteiger partial charge < -0.3 is 0 Å². The van der Waals surface area contributed by atoms with E-state index in [2.05, 4.69) is 27.4 Å². The number of hydrogen-bond donors (Lipinski definition) is 0. The van der Waals surface area contributed by atoms with Gasteiger partial charge in [0.15, 0.2) is 0 Å². The van der Waals surface area contributed by atoms with E-state index in [0.29, 0.717) is 0 Å². The van der Waals surface area contributed by atoms with Crippen molar-refractivity contribution in [1.29, 1.82) is 0 Å². The summed E-state index contributed by atoms with van der Waals surface area (Å²) in [5.41, 5.74) is 1.60. The van der Waals surface area contributed by atoms with Crippen molar-refractivity contribution in [1.82, 2.24) is 0 Å².